The monoisotopic (exact) mass is 484 g/mol. The summed E-state index contributed by atoms with van der Waals surface area (Å²) in [7, 11) is 0. The summed E-state index contributed by atoms with van der Waals surface area (Å²) in [6.45, 7) is 15.0. The third kappa shape index (κ3) is 4.88. The van der Waals surface area contributed by atoms with Crippen LogP contribution in [0.2, 0.25) is 0 Å². The number of hydrogen-bond acceptors (Lipinski definition) is 4. The van der Waals surface area contributed by atoms with Crippen molar-refractivity contribution in [1.29, 1.82) is 0 Å². The zero-order valence-corrected chi connectivity index (χ0v) is 23.2. The summed E-state index contributed by atoms with van der Waals surface area (Å²) in [5.41, 5.74) is 3.04. The number of carbonyl (C=O) groups excluding carboxylic acids is 2. The first-order valence-corrected chi connectivity index (χ1v) is 14.2. The third-order valence-electron chi connectivity index (χ3n) is 10.4. The molecule has 0 bridgehead atoms. The molecule has 0 aromatic heterocycles. The summed E-state index contributed by atoms with van der Waals surface area (Å²) in [5, 5.41) is 0. The van der Waals surface area contributed by atoms with Gasteiger partial charge < -0.3 is 9.47 Å². The number of ether oxygens (including phenoxy) is 2. The lowest BCUT2D eigenvalue weighted by Crippen LogP contribution is -2.54. The average Bonchev–Trinajstić information content (AvgIpc) is 3.11. The van der Waals surface area contributed by atoms with Crippen LogP contribution in [0, 0.1) is 40.4 Å². The number of allylic oxidation sites excluding steroid dienone is 3. The highest BCUT2D eigenvalue weighted by molar-refractivity contribution is 5.67. The molecule has 4 heteroatoms. The van der Waals surface area contributed by atoms with Crippen molar-refractivity contribution < 1.29 is 19.1 Å². The highest BCUT2D eigenvalue weighted by Gasteiger charge is 2.60. The lowest BCUT2D eigenvalue weighted by Gasteiger charge is -2.57. The molecule has 0 aromatic carbocycles. The molecule has 0 spiro atoms. The Morgan fingerprint density at radius 3 is 2.34 bits per heavy atom. The summed E-state index contributed by atoms with van der Waals surface area (Å²) < 4.78 is 11.6. The SMILES string of the molecule is CC(=O)O[C@@H]1CC2=CC=C3C4CCC(C(C)CCCC(C)C)C4(C)CCC3C2(C)[C@@H](OC(C)=O)C1. The van der Waals surface area contributed by atoms with Gasteiger partial charge in [-0.3, -0.25) is 9.59 Å². The summed E-state index contributed by atoms with van der Waals surface area (Å²) in [4.78, 5) is 23.8. The van der Waals surface area contributed by atoms with E-state index < -0.39 is 0 Å². The van der Waals surface area contributed by atoms with Crippen LogP contribution < -0.4 is 0 Å². The zero-order valence-electron chi connectivity index (χ0n) is 23.2. The molecule has 0 saturated heterocycles. The molecule has 8 atom stereocenters. The van der Waals surface area contributed by atoms with Crippen molar-refractivity contribution >= 4 is 11.9 Å². The summed E-state index contributed by atoms with van der Waals surface area (Å²) in [6, 6.07) is 0. The quantitative estimate of drug-likeness (QED) is 0.353. The smallest absolute Gasteiger partial charge is 0.302 e. The Morgan fingerprint density at radius 1 is 0.971 bits per heavy atom. The van der Waals surface area contributed by atoms with Gasteiger partial charge in [-0.05, 0) is 60.7 Å². The van der Waals surface area contributed by atoms with Crippen LogP contribution >= 0.6 is 0 Å². The largest absolute Gasteiger partial charge is 0.462 e. The van der Waals surface area contributed by atoms with E-state index in [0.717, 1.165) is 30.6 Å². The minimum atomic E-state index is -0.263. The molecule has 3 fully saturated rings. The van der Waals surface area contributed by atoms with E-state index in [1.807, 2.05) is 0 Å². The normalized spacial score (nSPS) is 39.0. The van der Waals surface area contributed by atoms with E-state index in [1.165, 1.54) is 57.9 Å². The predicted octanol–water partition coefficient (Wildman–Crippen LogP) is 7.42. The molecule has 4 rings (SSSR count). The number of esters is 2. The molecule has 0 N–H and O–H groups in total. The molecule has 196 valence electrons. The van der Waals surface area contributed by atoms with Gasteiger partial charge >= 0.3 is 11.9 Å². The van der Waals surface area contributed by atoms with E-state index in [2.05, 4.69) is 46.8 Å². The molecular weight excluding hydrogens is 436 g/mol. The second-order valence-electron chi connectivity index (χ2n) is 13.0. The Morgan fingerprint density at radius 2 is 1.69 bits per heavy atom. The van der Waals surface area contributed by atoms with Crippen LogP contribution in [-0.2, 0) is 19.1 Å². The molecule has 6 unspecified atom stereocenters. The van der Waals surface area contributed by atoms with Gasteiger partial charge in [-0.2, -0.15) is 0 Å². The number of hydrogen-bond donors (Lipinski definition) is 0. The van der Waals surface area contributed by atoms with Gasteiger partial charge in [0, 0.05) is 32.1 Å². The van der Waals surface area contributed by atoms with E-state index in [-0.39, 0.29) is 29.6 Å². The Labute approximate surface area is 213 Å². The fourth-order valence-electron chi connectivity index (χ4n) is 8.72. The molecule has 35 heavy (non-hydrogen) atoms. The third-order valence-corrected chi connectivity index (χ3v) is 10.4. The van der Waals surface area contributed by atoms with Crippen LogP contribution in [0.1, 0.15) is 106 Å². The number of carbonyl (C=O) groups is 2. The molecule has 0 aromatic rings. The van der Waals surface area contributed by atoms with E-state index in [4.69, 9.17) is 9.47 Å². The molecule has 0 aliphatic heterocycles. The molecule has 4 aliphatic rings. The first kappa shape index (κ1) is 26.5. The fourth-order valence-corrected chi connectivity index (χ4v) is 8.72. The van der Waals surface area contributed by atoms with Crippen molar-refractivity contribution in [3.63, 3.8) is 0 Å². The van der Waals surface area contributed by atoms with Crippen LogP contribution in [0.3, 0.4) is 0 Å². The van der Waals surface area contributed by atoms with Gasteiger partial charge in [0.05, 0.1) is 0 Å². The van der Waals surface area contributed by atoms with Crippen molar-refractivity contribution in [2.45, 2.75) is 118 Å². The minimum absolute atomic E-state index is 0.214. The molecule has 0 heterocycles. The van der Waals surface area contributed by atoms with E-state index in [1.54, 1.807) is 5.57 Å². The van der Waals surface area contributed by atoms with Gasteiger partial charge in [-0.1, -0.05) is 77.2 Å². The van der Waals surface area contributed by atoms with E-state index >= 15 is 0 Å². The van der Waals surface area contributed by atoms with E-state index in [0.29, 0.717) is 23.7 Å². The fraction of sp³-hybridized carbons (Fsp3) is 0.806. The van der Waals surface area contributed by atoms with Gasteiger partial charge in [0.1, 0.15) is 12.2 Å². The van der Waals surface area contributed by atoms with Crippen molar-refractivity contribution in [3.8, 4) is 0 Å². The minimum Gasteiger partial charge on any atom is -0.462 e. The van der Waals surface area contributed by atoms with Crippen molar-refractivity contribution in [3.05, 3.63) is 23.3 Å². The van der Waals surface area contributed by atoms with Crippen LogP contribution in [-0.4, -0.2) is 24.1 Å². The van der Waals surface area contributed by atoms with Crippen molar-refractivity contribution in [2.75, 3.05) is 0 Å². The van der Waals surface area contributed by atoms with Crippen LogP contribution in [0.4, 0.5) is 0 Å². The second kappa shape index (κ2) is 10.1. The molecule has 0 amide bonds. The predicted molar refractivity (Wildman–Crippen MR) is 140 cm³/mol. The van der Waals surface area contributed by atoms with Gasteiger partial charge in [-0.25, -0.2) is 0 Å². The van der Waals surface area contributed by atoms with Gasteiger partial charge in [0.2, 0.25) is 0 Å². The molecule has 4 nitrogen and oxygen atoms in total. The first-order chi connectivity index (χ1) is 16.5. The number of rotatable bonds is 7. The van der Waals surface area contributed by atoms with Crippen molar-refractivity contribution in [1.82, 2.24) is 0 Å². The topological polar surface area (TPSA) is 52.6 Å². The van der Waals surface area contributed by atoms with Gasteiger partial charge in [-0.15, -0.1) is 0 Å². The Kier molecular flexibility index (Phi) is 7.61. The lowest BCUT2D eigenvalue weighted by molar-refractivity contribution is -0.165. The van der Waals surface area contributed by atoms with Crippen LogP contribution in [0.25, 0.3) is 0 Å². The van der Waals surface area contributed by atoms with Crippen LogP contribution in [0.15, 0.2) is 23.3 Å². The Balaban J connectivity index is 1.59. The highest BCUT2D eigenvalue weighted by Crippen LogP contribution is 2.66. The maximum atomic E-state index is 12.1. The molecule has 4 aliphatic carbocycles. The summed E-state index contributed by atoms with van der Waals surface area (Å²) >= 11 is 0. The van der Waals surface area contributed by atoms with Gasteiger partial charge in [0.25, 0.3) is 0 Å². The maximum absolute atomic E-state index is 12.1. The standard InChI is InChI=1S/C31H48O4/c1-19(2)9-8-10-20(3)26-13-14-27-25-12-11-23-17-24(34-21(4)32)18-29(35-22(5)33)31(23,7)28(25)15-16-30(26,27)6/h11-12,19-20,24,26-29H,8-10,13-18H2,1-7H3/t20?,24-,26?,27?,28?,29+,30?,31?/m1/s1. The van der Waals surface area contributed by atoms with Gasteiger partial charge in [0.15, 0.2) is 0 Å². The lowest BCUT2D eigenvalue weighted by atomic mass is 9.49. The Hall–Kier alpha value is -1.58. The second-order valence-corrected chi connectivity index (χ2v) is 13.0. The average molecular weight is 485 g/mol. The molecule has 0 radical (unpaired) electrons. The number of fused-ring (bicyclic) bond motifs is 5. The molecular formula is C31H48O4. The summed E-state index contributed by atoms with van der Waals surface area (Å²) in [6.07, 6.45) is 14.6. The summed E-state index contributed by atoms with van der Waals surface area (Å²) in [5.74, 6) is 2.88. The first-order valence-electron chi connectivity index (χ1n) is 14.2. The maximum Gasteiger partial charge on any atom is 0.302 e. The molecule has 3 saturated carbocycles. The highest BCUT2D eigenvalue weighted by atomic mass is 16.6. The van der Waals surface area contributed by atoms with Crippen molar-refractivity contribution in [2.24, 2.45) is 40.4 Å². The Bertz CT molecular complexity index is 884. The van der Waals surface area contributed by atoms with Crippen LogP contribution in [0.5, 0.6) is 0 Å². The van der Waals surface area contributed by atoms with E-state index in [9.17, 15) is 9.59 Å². The zero-order chi connectivity index (χ0) is 25.5.